The minimum atomic E-state index is 0.461. The van der Waals surface area contributed by atoms with E-state index in [2.05, 4.69) is 11.4 Å². The van der Waals surface area contributed by atoms with Crippen molar-refractivity contribution >= 4 is 34.7 Å². The molecule has 4 heteroatoms. The van der Waals surface area contributed by atoms with Crippen LogP contribution in [0.4, 0.5) is 11.4 Å². The lowest BCUT2D eigenvalue weighted by atomic mass is 10.2. The van der Waals surface area contributed by atoms with E-state index >= 15 is 0 Å². The topological polar surface area (TPSA) is 35.8 Å². The summed E-state index contributed by atoms with van der Waals surface area (Å²) in [7, 11) is 0. The molecular weight excluding hydrogens is 264 g/mol. The van der Waals surface area contributed by atoms with Gasteiger partial charge in [-0.25, -0.2) is 0 Å². The van der Waals surface area contributed by atoms with Crippen LogP contribution in [0.25, 0.3) is 0 Å². The Morgan fingerprint density at radius 2 is 1.89 bits per heavy atom. The number of rotatable bonds is 3. The summed E-state index contributed by atoms with van der Waals surface area (Å²) in [5, 5.41) is 12.7. The molecule has 0 aromatic heterocycles. The average Bonchev–Trinajstić information content (AvgIpc) is 2.40. The Morgan fingerprint density at radius 3 is 2.50 bits per heavy atom. The normalized spacial score (nSPS) is 9.83. The number of hydrogen-bond donors (Lipinski definition) is 1. The summed E-state index contributed by atoms with van der Waals surface area (Å²) in [6.07, 6.45) is 2.03. The Bertz CT molecular complexity index is 588. The molecule has 2 rings (SSSR count). The van der Waals surface area contributed by atoms with Crippen LogP contribution >= 0.6 is 23.4 Å². The molecule has 18 heavy (non-hydrogen) atoms. The Hall–Kier alpha value is -1.63. The van der Waals surface area contributed by atoms with Crippen molar-refractivity contribution in [2.24, 2.45) is 0 Å². The Labute approximate surface area is 116 Å². The van der Waals surface area contributed by atoms with Crippen LogP contribution in [0.5, 0.6) is 0 Å². The fourth-order valence-electron chi connectivity index (χ4n) is 1.57. The molecule has 2 aromatic rings. The number of halogens is 1. The van der Waals surface area contributed by atoms with Gasteiger partial charge in [0, 0.05) is 10.6 Å². The Kier molecular flexibility index (Phi) is 4.14. The maximum absolute atomic E-state index is 9.08. The van der Waals surface area contributed by atoms with Crippen molar-refractivity contribution < 1.29 is 0 Å². The second-order valence-corrected chi connectivity index (χ2v) is 4.91. The predicted octanol–water partition coefficient (Wildman–Crippen LogP) is 4.68. The maximum atomic E-state index is 9.08. The Balaban J connectivity index is 2.28. The van der Waals surface area contributed by atoms with Crippen molar-refractivity contribution in [3.05, 3.63) is 53.1 Å². The molecule has 0 aliphatic rings. The molecule has 0 unspecified atom stereocenters. The van der Waals surface area contributed by atoms with E-state index in [4.69, 9.17) is 16.9 Å². The van der Waals surface area contributed by atoms with Crippen LogP contribution in [0.15, 0.2) is 47.4 Å². The highest BCUT2D eigenvalue weighted by molar-refractivity contribution is 7.98. The summed E-state index contributed by atoms with van der Waals surface area (Å²) in [5.74, 6) is 0. The second-order valence-electron chi connectivity index (χ2n) is 3.63. The average molecular weight is 275 g/mol. The van der Waals surface area contributed by atoms with E-state index in [1.54, 1.807) is 17.8 Å². The molecule has 0 saturated carbocycles. The first-order valence-corrected chi connectivity index (χ1v) is 6.94. The summed E-state index contributed by atoms with van der Waals surface area (Å²) in [5.41, 5.74) is 2.13. The predicted molar refractivity (Wildman–Crippen MR) is 77.7 cm³/mol. The molecule has 0 amide bonds. The third kappa shape index (κ3) is 2.79. The number of nitrogens with one attached hydrogen (secondary N) is 1. The molecule has 0 spiro atoms. The van der Waals surface area contributed by atoms with Gasteiger partial charge < -0.3 is 5.32 Å². The van der Waals surface area contributed by atoms with E-state index in [0.29, 0.717) is 10.6 Å². The molecule has 0 saturated heterocycles. The molecule has 0 radical (unpaired) electrons. The van der Waals surface area contributed by atoms with Crippen LogP contribution in [0.1, 0.15) is 5.56 Å². The van der Waals surface area contributed by atoms with Gasteiger partial charge in [-0.2, -0.15) is 5.26 Å². The zero-order chi connectivity index (χ0) is 13.0. The third-order valence-electron chi connectivity index (χ3n) is 2.49. The molecule has 0 heterocycles. The molecule has 1 N–H and O–H groups in total. The van der Waals surface area contributed by atoms with Gasteiger partial charge in [0.1, 0.15) is 6.07 Å². The van der Waals surface area contributed by atoms with Crippen molar-refractivity contribution in [2.75, 3.05) is 11.6 Å². The molecule has 0 bridgehead atoms. The first-order valence-electron chi connectivity index (χ1n) is 5.34. The molecule has 90 valence electrons. The zero-order valence-corrected chi connectivity index (χ0v) is 11.3. The number of hydrogen-bond acceptors (Lipinski definition) is 3. The summed E-state index contributed by atoms with van der Waals surface area (Å²) < 4.78 is 0. The quantitative estimate of drug-likeness (QED) is 0.826. The van der Waals surface area contributed by atoms with Crippen molar-refractivity contribution in [1.82, 2.24) is 0 Å². The molecule has 0 atom stereocenters. The van der Waals surface area contributed by atoms with Gasteiger partial charge in [-0.15, -0.1) is 11.8 Å². The number of benzene rings is 2. The van der Waals surface area contributed by atoms with Crippen molar-refractivity contribution in [3.8, 4) is 6.07 Å². The molecule has 0 aliphatic carbocycles. The van der Waals surface area contributed by atoms with E-state index in [1.807, 2.05) is 42.7 Å². The van der Waals surface area contributed by atoms with E-state index in [9.17, 15) is 0 Å². The fourth-order valence-corrected chi connectivity index (χ4v) is 2.20. The van der Waals surface area contributed by atoms with Crippen LogP contribution in [-0.4, -0.2) is 6.26 Å². The number of nitrogens with zero attached hydrogens (tertiary/aromatic N) is 1. The van der Waals surface area contributed by atoms with Gasteiger partial charge in [0.25, 0.3) is 0 Å². The van der Waals surface area contributed by atoms with Crippen molar-refractivity contribution in [1.29, 1.82) is 5.26 Å². The molecule has 2 aromatic carbocycles. The number of anilines is 2. The van der Waals surface area contributed by atoms with Gasteiger partial charge in [-0.1, -0.05) is 17.7 Å². The number of thioether (sulfide) groups is 1. The number of nitriles is 1. The smallest absolute Gasteiger partial charge is 0.103 e. The van der Waals surface area contributed by atoms with Crippen LogP contribution in [-0.2, 0) is 0 Å². The lowest BCUT2D eigenvalue weighted by Crippen LogP contribution is -1.93. The monoisotopic (exact) mass is 274 g/mol. The molecular formula is C14H11ClN2S. The van der Waals surface area contributed by atoms with Gasteiger partial charge in [0.15, 0.2) is 0 Å². The molecule has 2 nitrogen and oxygen atoms in total. The van der Waals surface area contributed by atoms with E-state index in [-0.39, 0.29) is 0 Å². The summed E-state index contributed by atoms with van der Waals surface area (Å²) in [6, 6.07) is 15.5. The molecule has 0 fully saturated rings. The first kappa shape index (κ1) is 12.8. The van der Waals surface area contributed by atoms with Gasteiger partial charge in [-0.05, 0) is 42.7 Å². The molecule has 0 aliphatic heterocycles. The zero-order valence-electron chi connectivity index (χ0n) is 9.77. The lowest BCUT2D eigenvalue weighted by Gasteiger charge is -2.09. The summed E-state index contributed by atoms with van der Waals surface area (Å²) in [6.45, 7) is 0. The van der Waals surface area contributed by atoms with Crippen LogP contribution in [0.3, 0.4) is 0 Å². The highest BCUT2D eigenvalue weighted by atomic mass is 35.5. The largest absolute Gasteiger partial charge is 0.354 e. The van der Waals surface area contributed by atoms with Crippen LogP contribution in [0.2, 0.25) is 5.02 Å². The van der Waals surface area contributed by atoms with E-state index < -0.39 is 0 Å². The Morgan fingerprint density at radius 1 is 1.17 bits per heavy atom. The second kappa shape index (κ2) is 5.81. The maximum Gasteiger partial charge on any atom is 0.103 e. The third-order valence-corrected chi connectivity index (χ3v) is 3.55. The van der Waals surface area contributed by atoms with Gasteiger partial charge in [0.05, 0.1) is 16.3 Å². The highest BCUT2D eigenvalue weighted by Crippen LogP contribution is 2.27. The van der Waals surface area contributed by atoms with E-state index in [0.717, 1.165) is 11.4 Å². The summed E-state index contributed by atoms with van der Waals surface area (Å²) in [4.78, 5) is 1.20. The minimum absolute atomic E-state index is 0.461. The van der Waals surface area contributed by atoms with E-state index in [1.165, 1.54) is 4.90 Å². The highest BCUT2D eigenvalue weighted by Gasteiger charge is 2.06. The van der Waals surface area contributed by atoms with Crippen LogP contribution in [0, 0.1) is 11.3 Å². The van der Waals surface area contributed by atoms with Crippen molar-refractivity contribution in [2.45, 2.75) is 4.90 Å². The van der Waals surface area contributed by atoms with Gasteiger partial charge in [0.2, 0.25) is 0 Å². The SMILES string of the molecule is CSc1ccc(Nc2cccc(Cl)c2C#N)cc1. The lowest BCUT2D eigenvalue weighted by molar-refractivity contribution is 1.43. The standard InChI is InChI=1S/C14H11ClN2S/c1-18-11-7-5-10(6-8-11)17-14-4-2-3-13(15)12(14)9-16/h2-8,17H,1H3. The van der Waals surface area contributed by atoms with Crippen molar-refractivity contribution in [3.63, 3.8) is 0 Å². The minimum Gasteiger partial charge on any atom is -0.354 e. The fraction of sp³-hybridized carbons (Fsp3) is 0.0714. The van der Waals surface area contributed by atoms with Gasteiger partial charge >= 0.3 is 0 Å². The van der Waals surface area contributed by atoms with Crippen LogP contribution < -0.4 is 5.32 Å². The first-order chi connectivity index (χ1) is 8.74. The summed E-state index contributed by atoms with van der Waals surface area (Å²) >= 11 is 7.67. The van der Waals surface area contributed by atoms with Gasteiger partial charge in [-0.3, -0.25) is 0 Å².